The lowest BCUT2D eigenvalue weighted by Gasteiger charge is -2.09. The largest absolute Gasteiger partial charge is 0.330 e. The molecule has 0 saturated heterocycles. The molecule has 2 rings (SSSR count). The lowest BCUT2D eigenvalue weighted by atomic mass is 10.1. The van der Waals surface area contributed by atoms with Gasteiger partial charge in [-0.25, -0.2) is 4.98 Å². The first-order valence-electron chi connectivity index (χ1n) is 6.15. The normalized spacial score (nSPS) is 11.6. The van der Waals surface area contributed by atoms with Gasteiger partial charge in [-0.05, 0) is 6.92 Å². The number of nitrogens with two attached hydrogens (primary N) is 1. The maximum atomic E-state index is 11.9. The highest BCUT2D eigenvalue weighted by molar-refractivity contribution is 7.16. The number of carbonyl (C=O) groups excluding carboxylic acids is 1. The molecule has 1 aromatic carbocycles. The predicted octanol–water partition coefficient (Wildman–Crippen LogP) is 3.07. The lowest BCUT2D eigenvalue weighted by Crippen LogP contribution is -2.26. The van der Waals surface area contributed by atoms with E-state index in [2.05, 4.69) is 10.3 Å². The highest BCUT2D eigenvalue weighted by atomic mass is 35.5. The average Bonchev–Trinajstić information content (AvgIpc) is 2.79. The molecule has 0 aliphatic rings. The summed E-state index contributed by atoms with van der Waals surface area (Å²) in [6.07, 6.45) is 0. The van der Waals surface area contributed by atoms with Gasteiger partial charge in [-0.1, -0.05) is 37.3 Å². The first-order chi connectivity index (χ1) is 9.11. The molecule has 1 unspecified atom stereocenters. The minimum Gasteiger partial charge on any atom is -0.330 e. The van der Waals surface area contributed by atoms with Gasteiger partial charge in [0.25, 0.3) is 0 Å². The molecule has 0 aliphatic carbocycles. The fourth-order valence-corrected chi connectivity index (χ4v) is 2.49. The van der Waals surface area contributed by atoms with Gasteiger partial charge in [0.2, 0.25) is 5.91 Å². The summed E-state index contributed by atoms with van der Waals surface area (Å²) < 4.78 is 0. The van der Waals surface area contributed by atoms with E-state index in [1.54, 1.807) is 0 Å². The maximum Gasteiger partial charge on any atom is 0.229 e. The Kier molecular flexibility index (Phi) is 6.13. The van der Waals surface area contributed by atoms with Gasteiger partial charge < -0.3 is 11.1 Å². The Morgan fingerprint density at radius 1 is 1.40 bits per heavy atom. The number of amides is 1. The Labute approximate surface area is 128 Å². The van der Waals surface area contributed by atoms with Crippen molar-refractivity contribution in [3.8, 4) is 11.3 Å². The quantitative estimate of drug-likeness (QED) is 0.911. The van der Waals surface area contributed by atoms with E-state index in [-0.39, 0.29) is 24.2 Å². The van der Waals surface area contributed by atoms with E-state index in [9.17, 15) is 4.79 Å². The Morgan fingerprint density at radius 2 is 2.05 bits per heavy atom. The van der Waals surface area contributed by atoms with Crippen LogP contribution in [0.3, 0.4) is 0 Å². The molecule has 20 heavy (non-hydrogen) atoms. The first-order valence-corrected chi connectivity index (χ1v) is 6.97. The molecule has 0 saturated carbocycles. The van der Waals surface area contributed by atoms with E-state index in [1.165, 1.54) is 11.3 Å². The second-order valence-electron chi connectivity index (χ2n) is 4.40. The van der Waals surface area contributed by atoms with Crippen LogP contribution in [-0.2, 0) is 4.79 Å². The number of aromatic nitrogens is 1. The second-order valence-corrected chi connectivity index (χ2v) is 5.61. The summed E-state index contributed by atoms with van der Waals surface area (Å²) in [4.78, 5) is 16.4. The number of carbonyl (C=O) groups is 1. The molecule has 0 aliphatic heterocycles. The molecule has 3 N–H and O–H groups in total. The average molecular weight is 312 g/mol. The van der Waals surface area contributed by atoms with Gasteiger partial charge in [0, 0.05) is 18.0 Å². The maximum absolute atomic E-state index is 11.9. The molecule has 1 atom stereocenters. The number of hydrogen-bond donors (Lipinski definition) is 2. The van der Waals surface area contributed by atoms with Crippen LogP contribution in [0.2, 0.25) is 0 Å². The number of thiazole rings is 1. The number of nitrogens with one attached hydrogen (secondary N) is 1. The standard InChI is InChI=1S/C14H17N3OS.ClH/c1-9(8-15)13(18)17-14-12(16-10(2)19-14)11-6-4-3-5-7-11;/h3-7,9H,8,15H2,1-2H3,(H,17,18);1H. The van der Waals surface area contributed by atoms with Gasteiger partial charge in [0.05, 0.1) is 5.01 Å². The molecule has 1 heterocycles. The van der Waals surface area contributed by atoms with Crippen molar-refractivity contribution in [2.24, 2.45) is 11.7 Å². The van der Waals surface area contributed by atoms with E-state index in [1.807, 2.05) is 44.2 Å². The van der Waals surface area contributed by atoms with Crippen molar-refractivity contribution in [2.45, 2.75) is 13.8 Å². The van der Waals surface area contributed by atoms with Gasteiger partial charge in [0.15, 0.2) is 0 Å². The molecule has 6 heteroatoms. The summed E-state index contributed by atoms with van der Waals surface area (Å²) in [6.45, 7) is 4.08. The van der Waals surface area contributed by atoms with Gasteiger partial charge in [0.1, 0.15) is 10.7 Å². The zero-order valence-electron chi connectivity index (χ0n) is 11.4. The van der Waals surface area contributed by atoms with E-state index < -0.39 is 0 Å². The van der Waals surface area contributed by atoms with Crippen LogP contribution in [0.1, 0.15) is 11.9 Å². The fourth-order valence-electron chi connectivity index (χ4n) is 1.65. The van der Waals surface area contributed by atoms with Crippen LogP contribution in [-0.4, -0.2) is 17.4 Å². The predicted molar refractivity (Wildman–Crippen MR) is 86.4 cm³/mol. The van der Waals surface area contributed by atoms with Crippen molar-refractivity contribution in [1.29, 1.82) is 0 Å². The molecular weight excluding hydrogens is 294 g/mol. The van der Waals surface area contributed by atoms with E-state index >= 15 is 0 Å². The minimum absolute atomic E-state index is 0. The molecule has 0 spiro atoms. The van der Waals surface area contributed by atoms with Crippen molar-refractivity contribution in [1.82, 2.24) is 4.98 Å². The summed E-state index contributed by atoms with van der Waals surface area (Å²) in [7, 11) is 0. The molecule has 108 valence electrons. The summed E-state index contributed by atoms with van der Waals surface area (Å²) in [5.41, 5.74) is 7.33. The molecule has 1 aromatic heterocycles. The molecule has 4 nitrogen and oxygen atoms in total. The highest BCUT2D eigenvalue weighted by Crippen LogP contribution is 2.32. The van der Waals surface area contributed by atoms with Crippen LogP contribution in [0.5, 0.6) is 0 Å². The second kappa shape index (κ2) is 7.38. The third-order valence-corrected chi connectivity index (χ3v) is 3.71. The third-order valence-electron chi connectivity index (χ3n) is 2.82. The Morgan fingerprint density at radius 3 is 2.65 bits per heavy atom. The Balaban J connectivity index is 0.00000200. The van der Waals surface area contributed by atoms with Crippen molar-refractivity contribution in [3.63, 3.8) is 0 Å². The topological polar surface area (TPSA) is 68.0 Å². The fraction of sp³-hybridized carbons (Fsp3) is 0.286. The highest BCUT2D eigenvalue weighted by Gasteiger charge is 2.16. The number of halogens is 1. The van der Waals surface area contributed by atoms with Crippen molar-refractivity contribution in [2.75, 3.05) is 11.9 Å². The van der Waals surface area contributed by atoms with E-state index in [4.69, 9.17) is 5.73 Å². The van der Waals surface area contributed by atoms with Gasteiger partial charge >= 0.3 is 0 Å². The molecule has 1 amide bonds. The van der Waals surface area contributed by atoms with Crippen molar-refractivity contribution < 1.29 is 4.79 Å². The summed E-state index contributed by atoms with van der Waals surface area (Å²) in [5.74, 6) is -0.269. The first kappa shape index (κ1) is 16.6. The smallest absolute Gasteiger partial charge is 0.229 e. The Hall–Kier alpha value is -1.43. The van der Waals surface area contributed by atoms with Crippen LogP contribution in [0, 0.1) is 12.8 Å². The third kappa shape index (κ3) is 3.79. The number of nitrogens with zero attached hydrogens (tertiary/aromatic N) is 1. The number of anilines is 1. The van der Waals surface area contributed by atoms with Gasteiger partial charge in [-0.3, -0.25) is 4.79 Å². The molecule has 0 fully saturated rings. The zero-order valence-corrected chi connectivity index (χ0v) is 13.1. The molecule has 0 radical (unpaired) electrons. The molecule has 0 bridgehead atoms. The Bertz CT molecular complexity index is 571. The van der Waals surface area contributed by atoms with Crippen LogP contribution in [0.15, 0.2) is 30.3 Å². The zero-order chi connectivity index (χ0) is 13.8. The van der Waals surface area contributed by atoms with Crippen LogP contribution >= 0.6 is 23.7 Å². The lowest BCUT2D eigenvalue weighted by molar-refractivity contribution is -0.119. The summed E-state index contributed by atoms with van der Waals surface area (Å²) in [5, 5.41) is 4.63. The number of rotatable bonds is 4. The van der Waals surface area contributed by atoms with Crippen LogP contribution in [0.25, 0.3) is 11.3 Å². The minimum atomic E-state index is -0.203. The van der Waals surface area contributed by atoms with E-state index in [0.29, 0.717) is 6.54 Å². The summed E-state index contributed by atoms with van der Waals surface area (Å²) in [6, 6.07) is 9.83. The number of hydrogen-bond acceptors (Lipinski definition) is 4. The SMILES string of the molecule is Cc1nc(-c2ccccc2)c(NC(=O)C(C)CN)s1.Cl. The van der Waals surface area contributed by atoms with Crippen molar-refractivity contribution >= 4 is 34.7 Å². The van der Waals surface area contributed by atoms with Gasteiger partial charge in [-0.2, -0.15) is 0 Å². The van der Waals surface area contributed by atoms with Crippen LogP contribution < -0.4 is 11.1 Å². The van der Waals surface area contributed by atoms with Crippen molar-refractivity contribution in [3.05, 3.63) is 35.3 Å². The molecular formula is C14H18ClN3OS. The number of aryl methyl sites for hydroxylation is 1. The van der Waals surface area contributed by atoms with Crippen LogP contribution in [0.4, 0.5) is 5.00 Å². The van der Waals surface area contributed by atoms with Gasteiger partial charge in [-0.15, -0.1) is 23.7 Å². The monoisotopic (exact) mass is 311 g/mol. The number of benzene rings is 1. The molecule has 2 aromatic rings. The summed E-state index contributed by atoms with van der Waals surface area (Å²) >= 11 is 1.48. The van der Waals surface area contributed by atoms with E-state index in [0.717, 1.165) is 21.3 Å².